The number of carbonyl (C=O) groups is 1. The van der Waals surface area contributed by atoms with E-state index < -0.39 is 4.92 Å². The van der Waals surface area contributed by atoms with Gasteiger partial charge in [0.2, 0.25) is 0 Å². The predicted octanol–water partition coefficient (Wildman–Crippen LogP) is 1.46. The number of hydrogen-bond donors (Lipinski definition) is 2. The maximum absolute atomic E-state index is 12.1. The van der Waals surface area contributed by atoms with Crippen LogP contribution in [0.25, 0.3) is 0 Å². The van der Waals surface area contributed by atoms with Crippen LogP contribution in [0.4, 0.5) is 5.69 Å². The molecule has 1 aliphatic rings. The van der Waals surface area contributed by atoms with E-state index in [9.17, 15) is 14.9 Å². The van der Waals surface area contributed by atoms with Crippen LogP contribution >= 0.6 is 12.4 Å². The second-order valence-corrected chi connectivity index (χ2v) is 5.67. The summed E-state index contributed by atoms with van der Waals surface area (Å²) in [5.74, 6) is -0.312. The van der Waals surface area contributed by atoms with Crippen LogP contribution in [0.1, 0.15) is 34.9 Å². The minimum Gasteiger partial charge on any atom is -0.347 e. The third-order valence-corrected chi connectivity index (χ3v) is 4.03. The Bertz CT molecular complexity index is 727. The first-order valence-corrected chi connectivity index (χ1v) is 7.77. The zero-order valence-corrected chi connectivity index (χ0v) is 14.2. The molecular weight excluding hydrogens is 348 g/mol. The third kappa shape index (κ3) is 4.74. The van der Waals surface area contributed by atoms with Crippen LogP contribution in [0.5, 0.6) is 0 Å². The monoisotopic (exact) mass is 366 g/mol. The van der Waals surface area contributed by atoms with Crippen molar-refractivity contribution < 1.29 is 9.72 Å². The first kappa shape index (κ1) is 18.8. The van der Waals surface area contributed by atoms with Gasteiger partial charge in [-0.1, -0.05) is 17.3 Å². The van der Waals surface area contributed by atoms with Crippen molar-refractivity contribution in [1.82, 2.24) is 25.6 Å². The lowest BCUT2D eigenvalue weighted by Crippen LogP contribution is -2.29. The highest BCUT2D eigenvalue weighted by Gasteiger charge is 2.18. The van der Waals surface area contributed by atoms with Crippen molar-refractivity contribution in [3.63, 3.8) is 0 Å². The van der Waals surface area contributed by atoms with Crippen molar-refractivity contribution in [2.24, 2.45) is 0 Å². The topological polar surface area (TPSA) is 115 Å². The number of nitrogens with one attached hydrogen (secondary N) is 2. The number of carbonyl (C=O) groups excluding carboxylic acids is 1. The SMILES string of the molecule is Cl.O=C(NCc1ccc([N+](=O)[O-])cc1)c1cn(C2CCNCC2)nn1. The normalized spacial score (nSPS) is 14.6. The molecule has 0 aliphatic carbocycles. The Morgan fingerprint density at radius 3 is 2.64 bits per heavy atom. The number of benzene rings is 1. The fourth-order valence-corrected chi connectivity index (χ4v) is 2.64. The number of hydrogen-bond acceptors (Lipinski definition) is 6. The number of piperidine rings is 1. The average Bonchev–Trinajstić information content (AvgIpc) is 3.11. The molecule has 3 rings (SSSR count). The Labute approximate surface area is 150 Å². The Morgan fingerprint density at radius 2 is 2.00 bits per heavy atom. The Balaban J connectivity index is 0.00000225. The van der Waals surface area contributed by atoms with Gasteiger partial charge in [0.25, 0.3) is 11.6 Å². The molecule has 1 fully saturated rings. The molecule has 0 saturated carbocycles. The van der Waals surface area contributed by atoms with Crippen molar-refractivity contribution >= 4 is 24.0 Å². The highest BCUT2D eigenvalue weighted by molar-refractivity contribution is 5.91. The van der Waals surface area contributed by atoms with Crippen LogP contribution in [0.15, 0.2) is 30.5 Å². The summed E-state index contributed by atoms with van der Waals surface area (Å²) in [7, 11) is 0. The molecule has 1 saturated heterocycles. The summed E-state index contributed by atoms with van der Waals surface area (Å²) in [6.07, 6.45) is 3.60. The lowest BCUT2D eigenvalue weighted by atomic mass is 10.1. The van der Waals surface area contributed by atoms with E-state index in [2.05, 4.69) is 20.9 Å². The average molecular weight is 367 g/mol. The number of rotatable bonds is 5. The molecule has 0 radical (unpaired) electrons. The maximum Gasteiger partial charge on any atom is 0.273 e. The van der Waals surface area contributed by atoms with Crippen molar-refractivity contribution in [2.75, 3.05) is 13.1 Å². The van der Waals surface area contributed by atoms with Gasteiger partial charge >= 0.3 is 0 Å². The molecule has 0 atom stereocenters. The van der Waals surface area contributed by atoms with Gasteiger partial charge in [0.15, 0.2) is 5.69 Å². The van der Waals surface area contributed by atoms with E-state index in [1.807, 2.05) is 0 Å². The number of non-ortho nitro benzene ring substituents is 1. The quantitative estimate of drug-likeness (QED) is 0.611. The van der Waals surface area contributed by atoms with Crippen molar-refractivity contribution in [2.45, 2.75) is 25.4 Å². The standard InChI is InChI=1S/C15H18N6O3.ClH/c22-15(17-9-11-1-3-13(4-2-11)21(23)24)14-10-20(19-18-14)12-5-7-16-8-6-12;/h1-4,10,12,16H,5-9H2,(H,17,22);1H. The van der Waals surface area contributed by atoms with Gasteiger partial charge in [-0.15, -0.1) is 17.5 Å². The maximum atomic E-state index is 12.1. The second-order valence-electron chi connectivity index (χ2n) is 5.67. The van der Waals surface area contributed by atoms with Crippen LogP contribution < -0.4 is 10.6 Å². The fraction of sp³-hybridized carbons (Fsp3) is 0.400. The number of aromatic nitrogens is 3. The molecule has 1 aliphatic heterocycles. The lowest BCUT2D eigenvalue weighted by molar-refractivity contribution is -0.384. The van der Waals surface area contributed by atoms with Crippen LogP contribution in [-0.4, -0.2) is 38.9 Å². The van der Waals surface area contributed by atoms with E-state index in [-0.39, 0.29) is 42.3 Å². The van der Waals surface area contributed by atoms with Gasteiger partial charge < -0.3 is 10.6 Å². The van der Waals surface area contributed by atoms with E-state index in [0.717, 1.165) is 31.5 Å². The molecule has 2 N–H and O–H groups in total. The molecule has 0 unspecified atom stereocenters. The van der Waals surface area contributed by atoms with Gasteiger partial charge in [0.1, 0.15) is 0 Å². The van der Waals surface area contributed by atoms with Crippen LogP contribution in [0.2, 0.25) is 0 Å². The van der Waals surface area contributed by atoms with Crippen LogP contribution in [0, 0.1) is 10.1 Å². The van der Waals surface area contributed by atoms with E-state index in [0.29, 0.717) is 0 Å². The molecule has 10 heteroatoms. The number of nitrogens with zero attached hydrogens (tertiary/aromatic N) is 4. The molecular formula is C15H19ClN6O3. The summed E-state index contributed by atoms with van der Waals surface area (Å²) in [5.41, 5.74) is 1.07. The zero-order valence-electron chi connectivity index (χ0n) is 13.4. The largest absolute Gasteiger partial charge is 0.347 e. The van der Waals surface area contributed by atoms with Crippen molar-refractivity contribution in [1.29, 1.82) is 0 Å². The number of nitro groups is 1. The first-order chi connectivity index (χ1) is 11.6. The summed E-state index contributed by atoms with van der Waals surface area (Å²) in [6, 6.07) is 6.33. The van der Waals surface area contributed by atoms with Crippen LogP contribution in [0.3, 0.4) is 0 Å². The molecule has 1 aromatic heterocycles. The molecule has 2 aromatic rings. The van der Waals surface area contributed by atoms with Gasteiger partial charge in [0.05, 0.1) is 17.2 Å². The minimum absolute atomic E-state index is 0. The molecule has 1 amide bonds. The van der Waals surface area contributed by atoms with Gasteiger partial charge in [-0.3, -0.25) is 14.9 Å². The number of nitro benzene ring substituents is 1. The highest BCUT2D eigenvalue weighted by atomic mass is 35.5. The molecule has 1 aromatic carbocycles. The number of halogens is 1. The summed E-state index contributed by atoms with van der Waals surface area (Å²) >= 11 is 0. The number of amides is 1. The van der Waals surface area contributed by atoms with Gasteiger partial charge in [-0.25, -0.2) is 4.68 Å². The minimum atomic E-state index is -0.457. The molecule has 134 valence electrons. The van der Waals surface area contributed by atoms with E-state index in [1.165, 1.54) is 12.1 Å². The van der Waals surface area contributed by atoms with Crippen molar-refractivity contribution in [3.05, 3.63) is 51.8 Å². The predicted molar refractivity (Wildman–Crippen MR) is 92.7 cm³/mol. The van der Waals surface area contributed by atoms with Crippen LogP contribution in [-0.2, 0) is 6.54 Å². The summed E-state index contributed by atoms with van der Waals surface area (Å²) in [4.78, 5) is 22.3. The molecule has 0 spiro atoms. The molecule has 9 nitrogen and oxygen atoms in total. The van der Waals surface area contributed by atoms with Gasteiger partial charge in [-0.05, 0) is 31.5 Å². The first-order valence-electron chi connectivity index (χ1n) is 7.77. The summed E-state index contributed by atoms with van der Waals surface area (Å²) < 4.78 is 1.75. The highest BCUT2D eigenvalue weighted by Crippen LogP contribution is 2.17. The molecule has 2 heterocycles. The summed E-state index contributed by atoms with van der Waals surface area (Å²) in [5, 5.41) is 24.6. The van der Waals surface area contributed by atoms with E-state index >= 15 is 0 Å². The smallest absolute Gasteiger partial charge is 0.273 e. The van der Waals surface area contributed by atoms with Crippen molar-refractivity contribution in [3.8, 4) is 0 Å². The Morgan fingerprint density at radius 1 is 1.32 bits per heavy atom. The Kier molecular flexibility index (Phi) is 6.43. The third-order valence-electron chi connectivity index (χ3n) is 4.03. The van der Waals surface area contributed by atoms with E-state index in [4.69, 9.17) is 0 Å². The molecule has 0 bridgehead atoms. The van der Waals surface area contributed by atoms with Gasteiger partial charge in [0, 0.05) is 18.7 Å². The molecule has 25 heavy (non-hydrogen) atoms. The van der Waals surface area contributed by atoms with Gasteiger partial charge in [-0.2, -0.15) is 0 Å². The zero-order chi connectivity index (χ0) is 16.9. The summed E-state index contributed by atoms with van der Waals surface area (Å²) in [6.45, 7) is 2.15. The second kappa shape index (κ2) is 8.54. The Hall–Kier alpha value is -2.52. The fourth-order valence-electron chi connectivity index (χ4n) is 2.64. The lowest BCUT2D eigenvalue weighted by Gasteiger charge is -2.22. The van der Waals surface area contributed by atoms with E-state index in [1.54, 1.807) is 23.0 Å².